The van der Waals surface area contributed by atoms with Crippen molar-refractivity contribution in [3.8, 4) is 11.5 Å². The number of fused-ring (bicyclic) bond motifs is 2. The van der Waals surface area contributed by atoms with Gasteiger partial charge in [-0.15, -0.1) is 12.4 Å². The molecule has 0 spiro atoms. The molecule has 1 aromatic heterocycles. The number of hydrogen-bond acceptors (Lipinski definition) is 8. The number of rotatable bonds is 9. The molecule has 1 aliphatic rings. The van der Waals surface area contributed by atoms with E-state index in [1.807, 2.05) is 0 Å². The van der Waals surface area contributed by atoms with Gasteiger partial charge in [0.15, 0.2) is 11.5 Å². The number of nitrogens with zero attached hydrogens (tertiary/aromatic N) is 3. The van der Waals surface area contributed by atoms with Crippen LogP contribution in [0.2, 0.25) is 0 Å². The number of methoxy groups -OCH3 is 2. The molecule has 2 heterocycles. The average molecular weight is 499 g/mol. The molecule has 174 valence electrons. The third-order valence-corrected chi connectivity index (χ3v) is 7.56. The lowest BCUT2D eigenvalue weighted by atomic mass is 9.98. The average Bonchev–Trinajstić information content (AvgIpc) is 3.26. The number of nitrogens with one attached hydrogen (secondary N) is 1. The van der Waals surface area contributed by atoms with Gasteiger partial charge in [-0.2, -0.15) is 8.75 Å². The molecule has 0 aliphatic carbocycles. The lowest BCUT2D eigenvalue weighted by Crippen LogP contribution is -2.32. The molecule has 0 radical (unpaired) electrons. The van der Waals surface area contributed by atoms with Crippen molar-refractivity contribution in [2.75, 3.05) is 33.9 Å². The molecule has 0 saturated carbocycles. The summed E-state index contributed by atoms with van der Waals surface area (Å²) >= 11 is 1.02. The van der Waals surface area contributed by atoms with Crippen molar-refractivity contribution in [2.45, 2.75) is 30.7 Å². The van der Waals surface area contributed by atoms with Crippen LogP contribution in [0.1, 0.15) is 24.0 Å². The van der Waals surface area contributed by atoms with Crippen molar-refractivity contribution >= 4 is 45.2 Å². The van der Waals surface area contributed by atoms with Crippen molar-refractivity contribution < 1.29 is 17.9 Å². The number of hydrogen-bond donors (Lipinski definition) is 1. The van der Waals surface area contributed by atoms with Crippen LogP contribution in [-0.4, -0.2) is 55.9 Å². The molecule has 0 unspecified atom stereocenters. The summed E-state index contributed by atoms with van der Waals surface area (Å²) in [5, 5.41) is 0. The first-order valence-electron chi connectivity index (χ1n) is 10.2. The van der Waals surface area contributed by atoms with Gasteiger partial charge in [0.25, 0.3) is 0 Å². The Kier molecular flexibility index (Phi) is 8.29. The van der Waals surface area contributed by atoms with Gasteiger partial charge >= 0.3 is 0 Å². The minimum absolute atomic E-state index is 0. The highest BCUT2D eigenvalue weighted by Crippen LogP contribution is 2.33. The number of benzene rings is 2. The summed E-state index contributed by atoms with van der Waals surface area (Å²) in [5.41, 5.74) is 3.59. The third kappa shape index (κ3) is 5.32. The van der Waals surface area contributed by atoms with Gasteiger partial charge in [0.2, 0.25) is 10.0 Å². The van der Waals surface area contributed by atoms with E-state index in [9.17, 15) is 8.42 Å². The minimum Gasteiger partial charge on any atom is -0.493 e. The van der Waals surface area contributed by atoms with Crippen molar-refractivity contribution in [2.24, 2.45) is 0 Å². The summed E-state index contributed by atoms with van der Waals surface area (Å²) in [6, 6.07) is 9.15. The summed E-state index contributed by atoms with van der Waals surface area (Å²) in [4.78, 5) is 2.58. The van der Waals surface area contributed by atoms with E-state index in [2.05, 4.69) is 30.5 Å². The van der Waals surface area contributed by atoms with E-state index in [-0.39, 0.29) is 17.3 Å². The van der Waals surface area contributed by atoms with Gasteiger partial charge in [0.1, 0.15) is 15.9 Å². The highest BCUT2D eigenvalue weighted by molar-refractivity contribution is 7.89. The zero-order chi connectivity index (χ0) is 21.8. The molecular weight excluding hydrogens is 472 g/mol. The Hall–Kier alpha value is -1.98. The zero-order valence-electron chi connectivity index (χ0n) is 18.0. The Bertz CT molecular complexity index is 1170. The first-order chi connectivity index (χ1) is 15.0. The van der Waals surface area contributed by atoms with Crippen molar-refractivity contribution in [1.82, 2.24) is 18.4 Å². The van der Waals surface area contributed by atoms with Crippen LogP contribution < -0.4 is 14.2 Å². The van der Waals surface area contributed by atoms with Gasteiger partial charge in [-0.1, -0.05) is 6.07 Å². The van der Waals surface area contributed by atoms with E-state index in [1.165, 1.54) is 11.1 Å². The minimum atomic E-state index is -3.60. The highest BCUT2D eigenvalue weighted by Gasteiger charge is 2.20. The predicted molar refractivity (Wildman–Crippen MR) is 128 cm³/mol. The standard InChI is InChI=1S/C21H26N4O4S2.ClH/c1-28-18-12-15-8-11-25(14-16(15)13-19(18)29-2)10-4-3-9-22-31(26,27)20-7-5-6-17-21(20)24-30-23-17;/h5-7,12-13,22H,3-4,8-11,14H2,1-2H3;1H. The van der Waals surface area contributed by atoms with Crippen molar-refractivity contribution in [1.29, 1.82) is 0 Å². The van der Waals surface area contributed by atoms with E-state index in [0.29, 0.717) is 17.6 Å². The number of aromatic nitrogens is 2. The Morgan fingerprint density at radius 2 is 1.84 bits per heavy atom. The molecule has 4 rings (SSSR count). The van der Waals surface area contributed by atoms with E-state index >= 15 is 0 Å². The molecule has 1 N–H and O–H groups in total. The molecule has 0 bridgehead atoms. The Morgan fingerprint density at radius 1 is 1.09 bits per heavy atom. The molecule has 2 aromatic carbocycles. The van der Waals surface area contributed by atoms with Crippen LogP contribution >= 0.6 is 24.1 Å². The topological polar surface area (TPSA) is 93.7 Å². The molecule has 3 aromatic rings. The molecule has 8 nitrogen and oxygen atoms in total. The second kappa shape index (κ2) is 10.8. The van der Waals surface area contributed by atoms with Crippen LogP contribution in [0.5, 0.6) is 11.5 Å². The first kappa shape index (κ1) is 24.7. The molecule has 0 fully saturated rings. The van der Waals surface area contributed by atoms with Crippen LogP contribution in [0.3, 0.4) is 0 Å². The molecule has 32 heavy (non-hydrogen) atoms. The van der Waals surface area contributed by atoms with Crippen molar-refractivity contribution in [3.05, 3.63) is 41.5 Å². The van der Waals surface area contributed by atoms with Gasteiger partial charge in [0.05, 0.1) is 25.9 Å². The first-order valence-corrected chi connectivity index (χ1v) is 12.4. The van der Waals surface area contributed by atoms with Gasteiger partial charge in [-0.05, 0) is 61.2 Å². The SMILES string of the molecule is COc1cc2c(cc1OC)CN(CCCCNS(=O)(=O)c1cccc3nsnc13)CC2.Cl. The van der Waals surface area contributed by atoms with Crippen LogP contribution in [0, 0.1) is 0 Å². The molecule has 1 aliphatic heterocycles. The molecule has 0 saturated heterocycles. The quantitative estimate of drug-likeness (QED) is 0.452. The lowest BCUT2D eigenvalue weighted by Gasteiger charge is -2.29. The third-order valence-electron chi connectivity index (χ3n) is 5.53. The van der Waals surface area contributed by atoms with E-state index < -0.39 is 10.0 Å². The summed E-state index contributed by atoms with van der Waals surface area (Å²) in [6.07, 6.45) is 2.64. The fourth-order valence-corrected chi connectivity index (χ4v) is 5.71. The second-order valence-electron chi connectivity index (χ2n) is 7.50. The number of ether oxygens (including phenoxy) is 2. The smallest absolute Gasteiger partial charge is 0.242 e. The Labute approximate surface area is 198 Å². The Balaban J connectivity index is 0.00000289. The molecule has 11 heteroatoms. The van der Waals surface area contributed by atoms with Crippen LogP contribution in [-0.2, 0) is 23.0 Å². The molecular formula is C21H27ClN4O4S2. The fourth-order valence-electron chi connectivity index (χ4n) is 3.88. The summed E-state index contributed by atoms with van der Waals surface area (Å²) < 4.78 is 47.1. The van der Waals surface area contributed by atoms with Gasteiger partial charge in [-0.3, -0.25) is 4.90 Å². The molecule has 0 atom stereocenters. The predicted octanol–water partition coefficient (Wildman–Crippen LogP) is 3.25. The number of sulfonamides is 1. The summed E-state index contributed by atoms with van der Waals surface area (Å²) in [7, 11) is -0.297. The Morgan fingerprint density at radius 3 is 2.59 bits per heavy atom. The second-order valence-corrected chi connectivity index (χ2v) is 9.76. The maximum Gasteiger partial charge on any atom is 0.242 e. The van der Waals surface area contributed by atoms with Gasteiger partial charge in [-0.25, -0.2) is 13.1 Å². The lowest BCUT2D eigenvalue weighted by molar-refractivity contribution is 0.248. The number of unbranched alkanes of at least 4 members (excludes halogenated alkanes) is 1. The normalized spacial score (nSPS) is 14.1. The fraction of sp³-hybridized carbons (Fsp3) is 0.429. The summed E-state index contributed by atoms with van der Waals surface area (Å²) in [6.45, 7) is 3.15. The maximum absolute atomic E-state index is 12.7. The number of halogens is 1. The maximum atomic E-state index is 12.7. The van der Waals surface area contributed by atoms with E-state index in [4.69, 9.17) is 9.47 Å². The summed E-state index contributed by atoms with van der Waals surface area (Å²) in [5.74, 6) is 1.52. The highest BCUT2D eigenvalue weighted by atomic mass is 35.5. The van der Waals surface area contributed by atoms with E-state index in [0.717, 1.165) is 62.1 Å². The van der Waals surface area contributed by atoms with E-state index in [1.54, 1.807) is 32.4 Å². The van der Waals surface area contributed by atoms with Crippen molar-refractivity contribution in [3.63, 3.8) is 0 Å². The van der Waals surface area contributed by atoms with Crippen LogP contribution in [0.15, 0.2) is 35.2 Å². The van der Waals surface area contributed by atoms with Crippen LogP contribution in [0.4, 0.5) is 0 Å². The zero-order valence-corrected chi connectivity index (χ0v) is 20.5. The molecule has 0 amide bonds. The van der Waals surface area contributed by atoms with Gasteiger partial charge in [0, 0.05) is 19.6 Å². The largest absolute Gasteiger partial charge is 0.493 e. The van der Waals surface area contributed by atoms with Gasteiger partial charge < -0.3 is 9.47 Å². The van der Waals surface area contributed by atoms with Crippen LogP contribution in [0.25, 0.3) is 11.0 Å². The monoisotopic (exact) mass is 498 g/mol.